The van der Waals surface area contributed by atoms with E-state index in [1.54, 1.807) is 0 Å². The molecule has 0 aromatic heterocycles. The first-order chi connectivity index (χ1) is 16.8. The van der Waals surface area contributed by atoms with Gasteiger partial charge in [-0.15, -0.1) is 0 Å². The summed E-state index contributed by atoms with van der Waals surface area (Å²) in [6.45, 7) is 4.60. The van der Waals surface area contributed by atoms with E-state index in [9.17, 15) is 27.1 Å². The van der Waals surface area contributed by atoms with Crippen LogP contribution < -0.4 is 5.32 Å². The predicted octanol–water partition coefficient (Wildman–Crippen LogP) is 4.90. The molecule has 0 heterocycles. The van der Waals surface area contributed by atoms with Crippen LogP contribution in [0.1, 0.15) is 49.9 Å². The van der Waals surface area contributed by atoms with E-state index in [4.69, 9.17) is 11.6 Å². The fourth-order valence-corrected chi connectivity index (χ4v) is 7.93. The number of benzene rings is 2. The average Bonchev–Trinajstić information content (AvgIpc) is 2.98. The molecule has 6 nitrogen and oxygen atoms in total. The standard InChI is InChI=1S/C26H31ClF2N2O4S/c1-15(2)31(3)14-26(33)17-5-6-18(26)12-20(11-17)36(34,35)24-10-16(4-8-21(24)27)25(32)30-19-7-9-22(28)23(29)13-19/h4,7-10,13,15,17-18,20,33H,5-6,11-12,14H2,1-3H3,(H,30,32)/t17-,18+,20?,26?. The quantitative estimate of drug-likeness (QED) is 0.521. The summed E-state index contributed by atoms with van der Waals surface area (Å²) in [4.78, 5) is 14.7. The summed E-state index contributed by atoms with van der Waals surface area (Å²) in [6, 6.07) is 7.15. The van der Waals surface area contributed by atoms with Gasteiger partial charge in [0.2, 0.25) is 0 Å². The SMILES string of the molecule is CC(C)N(C)CC1(O)[C@@H]2CC[C@H]1CC(S(=O)(=O)c1cc(C(=O)Nc3ccc(F)c(F)c3)ccc1Cl)C2. The molecular weight excluding hydrogens is 510 g/mol. The minimum Gasteiger partial charge on any atom is -0.388 e. The third-order valence-corrected chi connectivity index (χ3v) is 10.5. The van der Waals surface area contributed by atoms with Gasteiger partial charge in [-0.2, -0.15) is 0 Å². The summed E-state index contributed by atoms with van der Waals surface area (Å²) in [7, 11) is -1.94. The van der Waals surface area contributed by atoms with Crippen molar-refractivity contribution < 1.29 is 27.1 Å². The molecule has 2 aliphatic rings. The Labute approximate surface area is 215 Å². The van der Waals surface area contributed by atoms with E-state index in [1.165, 1.54) is 24.3 Å². The fourth-order valence-electron chi connectivity index (χ4n) is 5.52. The third kappa shape index (κ3) is 5.03. The monoisotopic (exact) mass is 540 g/mol. The lowest BCUT2D eigenvalue weighted by atomic mass is 9.74. The van der Waals surface area contributed by atoms with E-state index in [1.807, 2.05) is 7.05 Å². The molecule has 2 unspecified atom stereocenters. The number of rotatable bonds is 7. The zero-order chi connectivity index (χ0) is 26.4. The summed E-state index contributed by atoms with van der Waals surface area (Å²) in [5.41, 5.74) is -0.870. The first-order valence-corrected chi connectivity index (χ1v) is 14.0. The third-order valence-electron chi connectivity index (χ3n) is 7.87. The minimum absolute atomic E-state index is 0.00657. The molecule has 0 aliphatic heterocycles. The Balaban J connectivity index is 1.56. The van der Waals surface area contributed by atoms with Crippen LogP contribution in [0.25, 0.3) is 0 Å². The highest BCUT2D eigenvalue weighted by molar-refractivity contribution is 7.92. The molecular formula is C26H31ClF2N2O4S. The summed E-state index contributed by atoms with van der Waals surface area (Å²) >= 11 is 6.29. The predicted molar refractivity (Wildman–Crippen MR) is 135 cm³/mol. The van der Waals surface area contributed by atoms with Crippen LogP contribution in [0.15, 0.2) is 41.3 Å². The lowest BCUT2D eigenvalue weighted by Crippen LogP contribution is -2.55. The molecule has 2 aromatic carbocycles. The van der Waals surface area contributed by atoms with Gasteiger partial charge < -0.3 is 15.3 Å². The summed E-state index contributed by atoms with van der Waals surface area (Å²) in [5, 5.41) is 13.3. The maximum atomic E-state index is 13.7. The highest BCUT2D eigenvalue weighted by Gasteiger charge is 2.56. The molecule has 2 saturated carbocycles. The summed E-state index contributed by atoms with van der Waals surface area (Å²) in [5.74, 6) is -3.12. The zero-order valence-electron chi connectivity index (χ0n) is 20.5. The van der Waals surface area contributed by atoms with Crippen LogP contribution in [0.2, 0.25) is 5.02 Å². The van der Waals surface area contributed by atoms with Crippen LogP contribution in [0, 0.1) is 23.5 Å². The van der Waals surface area contributed by atoms with Gasteiger partial charge >= 0.3 is 0 Å². The lowest BCUT2D eigenvalue weighted by Gasteiger charge is -2.45. The van der Waals surface area contributed by atoms with Gasteiger partial charge in [-0.05, 0) is 88.7 Å². The molecule has 0 radical (unpaired) electrons. The Kier molecular flexibility index (Phi) is 7.50. The van der Waals surface area contributed by atoms with Crippen LogP contribution in [-0.4, -0.2) is 54.8 Å². The Morgan fingerprint density at radius 2 is 1.78 bits per heavy atom. The highest BCUT2D eigenvalue weighted by Crippen LogP contribution is 2.52. The van der Waals surface area contributed by atoms with E-state index >= 15 is 0 Å². The maximum absolute atomic E-state index is 13.7. The first-order valence-electron chi connectivity index (χ1n) is 12.1. The van der Waals surface area contributed by atoms with Crippen molar-refractivity contribution >= 4 is 33.0 Å². The van der Waals surface area contributed by atoms with E-state index in [0.29, 0.717) is 19.4 Å². The van der Waals surface area contributed by atoms with Crippen LogP contribution in [0.5, 0.6) is 0 Å². The number of likely N-dealkylation sites (N-methyl/N-ethyl adjacent to an activating group) is 1. The number of fused-ring (bicyclic) bond motifs is 2. The molecule has 0 spiro atoms. The molecule has 2 fully saturated rings. The molecule has 2 aliphatic carbocycles. The van der Waals surface area contributed by atoms with E-state index < -0.39 is 38.2 Å². The van der Waals surface area contributed by atoms with Crippen molar-refractivity contribution in [2.24, 2.45) is 11.8 Å². The Morgan fingerprint density at radius 3 is 2.36 bits per heavy atom. The molecule has 10 heteroatoms. The Morgan fingerprint density at radius 1 is 1.14 bits per heavy atom. The lowest BCUT2D eigenvalue weighted by molar-refractivity contribution is -0.0806. The van der Waals surface area contributed by atoms with Gasteiger partial charge in [0.25, 0.3) is 5.91 Å². The van der Waals surface area contributed by atoms with Crippen LogP contribution in [-0.2, 0) is 9.84 Å². The van der Waals surface area contributed by atoms with Crippen molar-refractivity contribution in [3.8, 4) is 0 Å². The first kappa shape index (κ1) is 27.0. The molecule has 2 bridgehead atoms. The van der Waals surface area contributed by atoms with Gasteiger partial charge in [0.1, 0.15) is 0 Å². The number of sulfone groups is 1. The normalized spacial score (nSPS) is 26.0. The van der Waals surface area contributed by atoms with Crippen molar-refractivity contribution in [2.45, 2.75) is 61.3 Å². The molecule has 1 amide bonds. The number of aliphatic hydroxyl groups is 1. The molecule has 196 valence electrons. The van der Waals surface area contributed by atoms with Crippen LogP contribution in [0.3, 0.4) is 0 Å². The summed E-state index contributed by atoms with van der Waals surface area (Å²) in [6.07, 6.45) is 2.18. The van der Waals surface area contributed by atoms with Gasteiger partial charge in [-0.3, -0.25) is 4.79 Å². The number of anilines is 1. The maximum Gasteiger partial charge on any atom is 0.255 e. The number of hydrogen-bond acceptors (Lipinski definition) is 5. The van der Waals surface area contributed by atoms with Crippen LogP contribution in [0.4, 0.5) is 14.5 Å². The number of amides is 1. The molecule has 4 atom stereocenters. The largest absolute Gasteiger partial charge is 0.388 e. The molecule has 4 rings (SSSR count). The second-order valence-electron chi connectivity index (χ2n) is 10.3. The van der Waals surface area contributed by atoms with Crippen molar-refractivity contribution in [2.75, 3.05) is 18.9 Å². The topological polar surface area (TPSA) is 86.7 Å². The number of halogens is 3. The molecule has 2 aromatic rings. The fraction of sp³-hybridized carbons (Fsp3) is 0.500. The minimum atomic E-state index is -3.90. The van der Waals surface area contributed by atoms with Gasteiger partial charge in [0, 0.05) is 29.9 Å². The number of nitrogens with one attached hydrogen (secondary N) is 1. The van der Waals surface area contributed by atoms with Gasteiger partial charge in [0.05, 0.1) is 20.8 Å². The highest BCUT2D eigenvalue weighted by atomic mass is 35.5. The number of carbonyl (C=O) groups excluding carboxylic acids is 1. The average molecular weight is 541 g/mol. The molecule has 2 N–H and O–H groups in total. The number of hydrogen-bond donors (Lipinski definition) is 2. The second kappa shape index (κ2) is 10.0. The zero-order valence-corrected chi connectivity index (χ0v) is 22.0. The number of nitrogens with zero attached hydrogens (tertiary/aromatic N) is 1. The molecule has 36 heavy (non-hydrogen) atoms. The van der Waals surface area contributed by atoms with Crippen molar-refractivity contribution in [3.63, 3.8) is 0 Å². The van der Waals surface area contributed by atoms with Crippen molar-refractivity contribution in [3.05, 3.63) is 58.6 Å². The smallest absolute Gasteiger partial charge is 0.255 e. The van der Waals surface area contributed by atoms with Crippen LogP contribution >= 0.6 is 11.6 Å². The Bertz CT molecular complexity index is 1260. The van der Waals surface area contributed by atoms with Gasteiger partial charge in [-0.25, -0.2) is 17.2 Å². The van der Waals surface area contributed by atoms with Gasteiger partial charge in [-0.1, -0.05) is 11.6 Å². The summed E-state index contributed by atoms with van der Waals surface area (Å²) < 4.78 is 54.1. The van der Waals surface area contributed by atoms with Gasteiger partial charge in [0.15, 0.2) is 21.5 Å². The van der Waals surface area contributed by atoms with E-state index in [-0.39, 0.29) is 39.0 Å². The van der Waals surface area contributed by atoms with Crippen molar-refractivity contribution in [1.29, 1.82) is 0 Å². The molecule has 0 saturated heterocycles. The van der Waals surface area contributed by atoms with Crippen molar-refractivity contribution in [1.82, 2.24) is 4.90 Å². The van der Waals surface area contributed by atoms with E-state index in [0.717, 1.165) is 25.0 Å². The Hall–Kier alpha value is -2.07. The second-order valence-corrected chi connectivity index (χ2v) is 12.9. The number of carbonyl (C=O) groups is 1. The van der Waals surface area contributed by atoms with E-state index in [2.05, 4.69) is 24.1 Å².